The Labute approximate surface area is 105 Å². The zero-order valence-electron chi connectivity index (χ0n) is 10.1. The average Bonchev–Trinajstić information content (AvgIpc) is 2.77. The van der Waals surface area contributed by atoms with Crippen molar-refractivity contribution >= 4 is 17.7 Å². The fourth-order valence-corrected chi connectivity index (χ4v) is 2.00. The Kier molecular flexibility index (Phi) is 5.50. The van der Waals surface area contributed by atoms with Gasteiger partial charge < -0.3 is 14.9 Å². The SMILES string of the molecule is CCOC(=O)C(C)(N)CCCSc1ncco1. The second-order valence-electron chi connectivity index (χ2n) is 3.89. The summed E-state index contributed by atoms with van der Waals surface area (Å²) >= 11 is 1.51. The number of carbonyl (C=O) groups excluding carboxylic acids is 1. The number of rotatable bonds is 7. The molecule has 0 bridgehead atoms. The molecule has 1 aromatic rings. The number of oxazole rings is 1. The van der Waals surface area contributed by atoms with Gasteiger partial charge in [-0.1, -0.05) is 11.8 Å². The fourth-order valence-electron chi connectivity index (χ4n) is 1.28. The van der Waals surface area contributed by atoms with Crippen LogP contribution in [0.5, 0.6) is 0 Å². The number of hydrogen-bond donors (Lipinski definition) is 1. The first-order chi connectivity index (χ1) is 8.06. The molecule has 1 unspecified atom stereocenters. The summed E-state index contributed by atoms with van der Waals surface area (Å²) in [5.74, 6) is 0.466. The Morgan fingerprint density at radius 1 is 1.71 bits per heavy atom. The van der Waals surface area contributed by atoms with Crippen molar-refractivity contribution in [2.45, 2.75) is 37.5 Å². The summed E-state index contributed by atoms with van der Waals surface area (Å²) in [4.78, 5) is 15.5. The molecule has 0 aromatic carbocycles. The minimum Gasteiger partial charge on any atom is -0.465 e. The number of esters is 1. The topological polar surface area (TPSA) is 78.4 Å². The van der Waals surface area contributed by atoms with Crippen molar-refractivity contribution in [1.29, 1.82) is 0 Å². The van der Waals surface area contributed by atoms with Gasteiger partial charge in [-0.2, -0.15) is 0 Å². The number of ether oxygens (including phenoxy) is 1. The largest absolute Gasteiger partial charge is 0.465 e. The highest BCUT2D eigenvalue weighted by Crippen LogP contribution is 2.19. The molecule has 0 spiro atoms. The predicted molar refractivity (Wildman–Crippen MR) is 65.7 cm³/mol. The molecule has 0 aliphatic heterocycles. The first kappa shape index (κ1) is 14.1. The van der Waals surface area contributed by atoms with Gasteiger partial charge in [0, 0.05) is 5.75 Å². The number of thioether (sulfide) groups is 1. The minimum absolute atomic E-state index is 0.346. The summed E-state index contributed by atoms with van der Waals surface area (Å²) in [6, 6.07) is 0. The molecule has 5 nitrogen and oxygen atoms in total. The van der Waals surface area contributed by atoms with E-state index in [-0.39, 0.29) is 5.97 Å². The van der Waals surface area contributed by atoms with Crippen LogP contribution in [-0.4, -0.2) is 28.9 Å². The molecule has 0 aliphatic carbocycles. The van der Waals surface area contributed by atoms with Crippen LogP contribution >= 0.6 is 11.8 Å². The Morgan fingerprint density at radius 2 is 2.47 bits per heavy atom. The van der Waals surface area contributed by atoms with E-state index in [0.717, 1.165) is 12.2 Å². The second kappa shape index (κ2) is 6.66. The van der Waals surface area contributed by atoms with Crippen LogP contribution in [0.1, 0.15) is 26.7 Å². The zero-order chi connectivity index (χ0) is 12.7. The molecule has 0 aliphatic rings. The summed E-state index contributed by atoms with van der Waals surface area (Å²) in [6.07, 6.45) is 4.53. The maximum absolute atomic E-state index is 11.5. The third-order valence-corrected chi connectivity index (χ3v) is 3.16. The molecule has 1 heterocycles. The Morgan fingerprint density at radius 3 is 3.06 bits per heavy atom. The molecule has 2 N–H and O–H groups in total. The fraction of sp³-hybridized carbons (Fsp3) is 0.636. The number of hydrogen-bond acceptors (Lipinski definition) is 6. The smallest absolute Gasteiger partial charge is 0.325 e. The summed E-state index contributed by atoms with van der Waals surface area (Å²) in [7, 11) is 0. The Balaban J connectivity index is 2.23. The molecule has 1 atom stereocenters. The van der Waals surface area contributed by atoms with Crippen LogP contribution in [-0.2, 0) is 9.53 Å². The van der Waals surface area contributed by atoms with Crippen molar-refractivity contribution in [2.24, 2.45) is 5.73 Å². The molecule has 1 aromatic heterocycles. The monoisotopic (exact) mass is 258 g/mol. The molecule has 0 saturated heterocycles. The van der Waals surface area contributed by atoms with Crippen LogP contribution in [0, 0.1) is 0 Å². The van der Waals surface area contributed by atoms with Gasteiger partial charge in [0.15, 0.2) is 0 Å². The van der Waals surface area contributed by atoms with Gasteiger partial charge in [-0.05, 0) is 26.7 Å². The Hall–Kier alpha value is -1.01. The molecule has 96 valence electrons. The molecule has 0 fully saturated rings. The van der Waals surface area contributed by atoms with Gasteiger partial charge in [-0.15, -0.1) is 0 Å². The van der Waals surface area contributed by atoms with Crippen molar-refractivity contribution in [3.05, 3.63) is 12.5 Å². The maximum Gasteiger partial charge on any atom is 0.325 e. The molecular weight excluding hydrogens is 240 g/mol. The lowest BCUT2D eigenvalue weighted by atomic mass is 9.98. The van der Waals surface area contributed by atoms with Crippen molar-refractivity contribution in [3.63, 3.8) is 0 Å². The molecule has 0 amide bonds. The van der Waals surface area contributed by atoms with Crippen LogP contribution < -0.4 is 5.73 Å². The van der Waals surface area contributed by atoms with Gasteiger partial charge in [-0.25, -0.2) is 4.98 Å². The molecule has 0 radical (unpaired) electrons. The van der Waals surface area contributed by atoms with Gasteiger partial charge in [0.05, 0.1) is 12.8 Å². The van der Waals surface area contributed by atoms with Crippen LogP contribution in [0.2, 0.25) is 0 Å². The Bertz CT molecular complexity index is 338. The molecular formula is C11H18N2O3S. The normalized spacial score (nSPS) is 14.3. The predicted octanol–water partition coefficient (Wildman–Crippen LogP) is 1.83. The van der Waals surface area contributed by atoms with Crippen LogP contribution in [0.15, 0.2) is 22.1 Å². The van der Waals surface area contributed by atoms with Crippen molar-refractivity contribution < 1.29 is 13.9 Å². The molecule has 6 heteroatoms. The number of nitrogens with two attached hydrogens (primary N) is 1. The summed E-state index contributed by atoms with van der Waals surface area (Å²) in [6.45, 7) is 3.82. The van der Waals surface area contributed by atoms with E-state index in [4.69, 9.17) is 14.9 Å². The lowest BCUT2D eigenvalue weighted by molar-refractivity contribution is -0.149. The van der Waals surface area contributed by atoms with E-state index in [9.17, 15) is 4.79 Å². The van der Waals surface area contributed by atoms with Crippen LogP contribution in [0.25, 0.3) is 0 Å². The van der Waals surface area contributed by atoms with E-state index < -0.39 is 5.54 Å². The molecule has 0 saturated carbocycles. The lowest BCUT2D eigenvalue weighted by Crippen LogP contribution is -2.46. The van der Waals surface area contributed by atoms with E-state index in [1.54, 1.807) is 20.0 Å². The highest BCUT2D eigenvalue weighted by atomic mass is 32.2. The van der Waals surface area contributed by atoms with Crippen LogP contribution in [0.4, 0.5) is 0 Å². The van der Waals surface area contributed by atoms with Gasteiger partial charge >= 0.3 is 5.97 Å². The number of nitrogens with zero attached hydrogens (tertiary/aromatic N) is 1. The highest BCUT2D eigenvalue weighted by Gasteiger charge is 2.29. The zero-order valence-corrected chi connectivity index (χ0v) is 11.0. The van der Waals surface area contributed by atoms with E-state index >= 15 is 0 Å². The second-order valence-corrected chi connectivity index (χ2v) is 4.93. The third-order valence-electron chi connectivity index (χ3n) is 2.22. The van der Waals surface area contributed by atoms with Crippen molar-refractivity contribution in [1.82, 2.24) is 4.98 Å². The number of aromatic nitrogens is 1. The standard InChI is InChI=1S/C11H18N2O3S/c1-3-15-9(14)11(2,12)5-4-8-17-10-13-6-7-16-10/h6-7H,3-5,8,12H2,1-2H3. The highest BCUT2D eigenvalue weighted by molar-refractivity contribution is 7.99. The van der Waals surface area contributed by atoms with E-state index in [0.29, 0.717) is 18.3 Å². The van der Waals surface area contributed by atoms with Gasteiger partial charge in [0.1, 0.15) is 11.8 Å². The van der Waals surface area contributed by atoms with Gasteiger partial charge in [-0.3, -0.25) is 4.79 Å². The van der Waals surface area contributed by atoms with Gasteiger partial charge in [0.25, 0.3) is 5.22 Å². The van der Waals surface area contributed by atoms with Crippen molar-refractivity contribution in [3.8, 4) is 0 Å². The van der Waals surface area contributed by atoms with Crippen molar-refractivity contribution in [2.75, 3.05) is 12.4 Å². The lowest BCUT2D eigenvalue weighted by Gasteiger charge is -2.21. The van der Waals surface area contributed by atoms with Crippen LogP contribution in [0.3, 0.4) is 0 Å². The third kappa shape index (κ3) is 4.79. The first-order valence-electron chi connectivity index (χ1n) is 5.54. The summed E-state index contributed by atoms with van der Waals surface area (Å²) < 4.78 is 9.99. The van der Waals surface area contributed by atoms with E-state index in [2.05, 4.69) is 4.98 Å². The quantitative estimate of drug-likeness (QED) is 0.456. The minimum atomic E-state index is -0.910. The van der Waals surface area contributed by atoms with Gasteiger partial charge in [0.2, 0.25) is 0 Å². The maximum atomic E-state index is 11.5. The average molecular weight is 258 g/mol. The molecule has 1 rings (SSSR count). The summed E-state index contributed by atoms with van der Waals surface area (Å²) in [5.41, 5.74) is 4.97. The number of carbonyl (C=O) groups is 1. The van der Waals surface area contributed by atoms with E-state index in [1.165, 1.54) is 18.0 Å². The first-order valence-corrected chi connectivity index (χ1v) is 6.53. The summed E-state index contributed by atoms with van der Waals surface area (Å²) in [5, 5.41) is 0.639. The molecule has 17 heavy (non-hydrogen) atoms. The van der Waals surface area contributed by atoms with E-state index in [1.807, 2.05) is 0 Å².